The number of rotatable bonds is 5. The molecule has 0 radical (unpaired) electrons. The molecule has 0 saturated heterocycles. The molecule has 0 bridgehead atoms. The highest BCUT2D eigenvalue weighted by atomic mass is 16.6. The second-order valence-corrected chi connectivity index (χ2v) is 3.93. The van der Waals surface area contributed by atoms with Crippen LogP contribution in [0.25, 0.3) is 0 Å². The van der Waals surface area contributed by atoms with E-state index in [0.29, 0.717) is 6.42 Å². The van der Waals surface area contributed by atoms with Gasteiger partial charge in [0, 0.05) is 12.1 Å². The van der Waals surface area contributed by atoms with E-state index < -0.39 is 0 Å². The Morgan fingerprint density at radius 3 is 2.54 bits per heavy atom. The monoisotopic (exact) mass is 185 g/mol. The van der Waals surface area contributed by atoms with Gasteiger partial charge in [-0.05, 0) is 34.1 Å². The molecule has 1 atom stereocenters. The summed E-state index contributed by atoms with van der Waals surface area (Å²) in [5.41, 5.74) is -0.363. The van der Waals surface area contributed by atoms with Crippen LogP contribution < -0.4 is 0 Å². The Morgan fingerprint density at radius 1 is 1.62 bits per heavy atom. The minimum Gasteiger partial charge on any atom is -0.390 e. The third-order valence-electron chi connectivity index (χ3n) is 1.90. The molecule has 0 saturated carbocycles. The first-order valence-electron chi connectivity index (χ1n) is 4.55. The first-order chi connectivity index (χ1) is 5.89. The molecular formula is C10H19NO2. The van der Waals surface area contributed by atoms with Crippen LogP contribution in [0.3, 0.4) is 0 Å². The molecule has 3 nitrogen and oxygen atoms in total. The lowest BCUT2D eigenvalue weighted by atomic mass is 9.92. The normalized spacial score (nSPS) is 14.5. The highest BCUT2D eigenvalue weighted by Gasteiger charge is 2.24. The molecular weight excluding hydrogens is 166 g/mol. The average Bonchev–Trinajstić information content (AvgIpc) is 2.00. The van der Waals surface area contributed by atoms with E-state index in [-0.39, 0.29) is 17.3 Å². The van der Waals surface area contributed by atoms with Gasteiger partial charge in [-0.3, -0.25) is 4.79 Å². The Labute approximate surface area is 80.1 Å². The third kappa shape index (κ3) is 5.39. The summed E-state index contributed by atoms with van der Waals surface area (Å²) in [6.45, 7) is 9.16. The molecule has 3 heteroatoms. The zero-order valence-corrected chi connectivity index (χ0v) is 9.13. The molecule has 0 aliphatic carbocycles. The van der Waals surface area contributed by atoms with Crippen molar-refractivity contribution in [1.82, 2.24) is 0 Å². The van der Waals surface area contributed by atoms with E-state index in [9.17, 15) is 4.79 Å². The van der Waals surface area contributed by atoms with Crippen LogP contribution in [0.1, 0.15) is 41.0 Å². The Morgan fingerprint density at radius 2 is 2.15 bits per heavy atom. The Kier molecular flexibility index (Phi) is 4.67. The van der Waals surface area contributed by atoms with Gasteiger partial charge in [0.1, 0.15) is 11.4 Å². The van der Waals surface area contributed by atoms with Gasteiger partial charge in [-0.25, -0.2) is 0 Å². The van der Waals surface area contributed by atoms with E-state index in [1.807, 2.05) is 20.8 Å². The van der Waals surface area contributed by atoms with Crippen LogP contribution in [0.15, 0.2) is 5.16 Å². The lowest BCUT2D eigenvalue weighted by molar-refractivity contribution is -0.123. The van der Waals surface area contributed by atoms with Crippen molar-refractivity contribution in [2.24, 2.45) is 11.1 Å². The largest absolute Gasteiger partial charge is 0.390 e. The summed E-state index contributed by atoms with van der Waals surface area (Å²) < 4.78 is 0. The standard InChI is InChI=1S/C10H19NO2/c1-6-11-13-10(4,5)7-8(2)9(3)12/h6,8H,7H2,1-5H3/b11-6-. The molecule has 0 aromatic heterocycles. The number of carbonyl (C=O) groups excluding carboxylic acids is 1. The van der Waals surface area contributed by atoms with Crippen molar-refractivity contribution in [3.05, 3.63) is 0 Å². The number of nitrogens with zero attached hydrogens (tertiary/aromatic N) is 1. The lowest BCUT2D eigenvalue weighted by Crippen LogP contribution is -2.27. The van der Waals surface area contributed by atoms with Crippen molar-refractivity contribution in [1.29, 1.82) is 0 Å². The second kappa shape index (κ2) is 5.00. The molecule has 0 aliphatic rings. The number of carbonyl (C=O) groups is 1. The third-order valence-corrected chi connectivity index (χ3v) is 1.90. The fourth-order valence-corrected chi connectivity index (χ4v) is 1.11. The van der Waals surface area contributed by atoms with E-state index in [0.717, 1.165) is 0 Å². The molecule has 13 heavy (non-hydrogen) atoms. The Bertz CT molecular complexity index is 197. The summed E-state index contributed by atoms with van der Waals surface area (Å²) in [4.78, 5) is 16.2. The predicted molar refractivity (Wildman–Crippen MR) is 53.8 cm³/mol. The first-order valence-corrected chi connectivity index (χ1v) is 4.55. The van der Waals surface area contributed by atoms with Gasteiger partial charge in [-0.15, -0.1) is 0 Å². The highest BCUT2D eigenvalue weighted by Crippen LogP contribution is 2.21. The first kappa shape index (κ1) is 12.1. The molecule has 0 fully saturated rings. The van der Waals surface area contributed by atoms with E-state index in [2.05, 4.69) is 5.16 Å². The van der Waals surface area contributed by atoms with Crippen LogP contribution in [0.4, 0.5) is 0 Å². The Hall–Kier alpha value is -0.860. The smallest absolute Gasteiger partial charge is 0.132 e. The molecule has 0 N–H and O–H groups in total. The summed E-state index contributed by atoms with van der Waals surface area (Å²) in [5.74, 6) is 0.221. The van der Waals surface area contributed by atoms with Crippen LogP contribution >= 0.6 is 0 Å². The molecule has 0 aliphatic heterocycles. The number of ketones is 1. The van der Waals surface area contributed by atoms with Crippen molar-refractivity contribution < 1.29 is 9.63 Å². The van der Waals surface area contributed by atoms with Crippen molar-refractivity contribution in [2.45, 2.75) is 46.6 Å². The fourth-order valence-electron chi connectivity index (χ4n) is 1.11. The minimum absolute atomic E-state index is 0.0297. The SMILES string of the molecule is C/C=N\OC(C)(C)CC(C)C(C)=O. The van der Waals surface area contributed by atoms with E-state index in [1.54, 1.807) is 20.1 Å². The summed E-state index contributed by atoms with van der Waals surface area (Å²) in [6.07, 6.45) is 2.29. The minimum atomic E-state index is -0.363. The van der Waals surface area contributed by atoms with E-state index in [1.165, 1.54) is 0 Å². The summed E-state index contributed by atoms with van der Waals surface area (Å²) in [6, 6.07) is 0. The number of hydrogen-bond donors (Lipinski definition) is 0. The zero-order valence-electron chi connectivity index (χ0n) is 9.13. The van der Waals surface area contributed by atoms with Gasteiger partial charge >= 0.3 is 0 Å². The maximum absolute atomic E-state index is 11.0. The van der Waals surface area contributed by atoms with Crippen molar-refractivity contribution in [3.63, 3.8) is 0 Å². The molecule has 0 amide bonds. The summed E-state index contributed by atoms with van der Waals surface area (Å²) in [7, 11) is 0. The average molecular weight is 185 g/mol. The summed E-state index contributed by atoms with van der Waals surface area (Å²) >= 11 is 0. The molecule has 1 unspecified atom stereocenters. The van der Waals surface area contributed by atoms with Gasteiger partial charge in [0.15, 0.2) is 0 Å². The lowest BCUT2D eigenvalue weighted by Gasteiger charge is -2.24. The summed E-state index contributed by atoms with van der Waals surface area (Å²) in [5, 5.41) is 3.72. The van der Waals surface area contributed by atoms with Crippen LogP contribution in [-0.2, 0) is 9.63 Å². The maximum Gasteiger partial charge on any atom is 0.132 e. The fraction of sp³-hybridized carbons (Fsp3) is 0.800. The number of oxime groups is 1. The molecule has 0 aromatic rings. The van der Waals surface area contributed by atoms with Gasteiger partial charge in [-0.2, -0.15) is 0 Å². The van der Waals surface area contributed by atoms with Crippen molar-refractivity contribution in [2.75, 3.05) is 0 Å². The van der Waals surface area contributed by atoms with Gasteiger partial charge in [0.05, 0.1) is 0 Å². The van der Waals surface area contributed by atoms with Crippen molar-refractivity contribution in [3.8, 4) is 0 Å². The van der Waals surface area contributed by atoms with Crippen LogP contribution in [0.2, 0.25) is 0 Å². The molecule has 76 valence electrons. The molecule has 0 heterocycles. The zero-order chi connectivity index (χ0) is 10.5. The molecule has 0 rings (SSSR count). The highest BCUT2D eigenvalue weighted by molar-refractivity contribution is 5.77. The number of hydrogen-bond acceptors (Lipinski definition) is 3. The molecule has 0 spiro atoms. The van der Waals surface area contributed by atoms with Gasteiger partial charge in [0.25, 0.3) is 0 Å². The topological polar surface area (TPSA) is 38.7 Å². The van der Waals surface area contributed by atoms with Crippen molar-refractivity contribution >= 4 is 12.0 Å². The maximum atomic E-state index is 11.0. The van der Waals surface area contributed by atoms with E-state index in [4.69, 9.17) is 4.84 Å². The quantitative estimate of drug-likeness (QED) is 0.487. The number of Topliss-reactive ketones (excluding diaryl/α,β-unsaturated/α-hetero) is 1. The van der Waals surface area contributed by atoms with Crippen LogP contribution in [-0.4, -0.2) is 17.6 Å². The van der Waals surface area contributed by atoms with Crippen LogP contribution in [0.5, 0.6) is 0 Å². The van der Waals surface area contributed by atoms with Gasteiger partial charge in [-0.1, -0.05) is 12.1 Å². The Balaban J connectivity index is 4.07. The van der Waals surface area contributed by atoms with E-state index >= 15 is 0 Å². The predicted octanol–water partition coefficient (Wildman–Crippen LogP) is 2.40. The van der Waals surface area contributed by atoms with Crippen LogP contribution in [0, 0.1) is 5.92 Å². The van der Waals surface area contributed by atoms with Gasteiger partial charge in [0.2, 0.25) is 0 Å². The second-order valence-electron chi connectivity index (χ2n) is 3.93. The molecule has 0 aromatic carbocycles. The van der Waals surface area contributed by atoms with Gasteiger partial charge < -0.3 is 4.84 Å².